The summed E-state index contributed by atoms with van der Waals surface area (Å²) in [4.78, 5) is 21.0. The van der Waals surface area contributed by atoms with Crippen LogP contribution < -0.4 is 0 Å². The van der Waals surface area contributed by atoms with Gasteiger partial charge < -0.3 is 14.9 Å². The minimum absolute atomic E-state index is 0.0709. The van der Waals surface area contributed by atoms with Gasteiger partial charge in [-0.3, -0.25) is 9.00 Å². The topological polar surface area (TPSA) is 104 Å². The summed E-state index contributed by atoms with van der Waals surface area (Å²) >= 11 is 0. The van der Waals surface area contributed by atoms with Gasteiger partial charge in [-0.25, -0.2) is 0 Å². The smallest absolute Gasteiger partial charge is 0.390 e. The summed E-state index contributed by atoms with van der Waals surface area (Å²) in [5, 5.41) is 14.2. The van der Waals surface area contributed by atoms with E-state index in [-0.39, 0.29) is 24.1 Å². The summed E-state index contributed by atoms with van der Waals surface area (Å²) in [7, 11) is -1.51. The molecule has 0 fully saturated rings. The third kappa shape index (κ3) is 3.91. The zero-order valence-electron chi connectivity index (χ0n) is 9.99. The molecule has 0 aromatic carbocycles. The highest BCUT2D eigenvalue weighted by Gasteiger charge is 2.18. The lowest BCUT2D eigenvalue weighted by Gasteiger charge is -2.01. The Balaban J connectivity index is 2.64. The van der Waals surface area contributed by atoms with Crippen LogP contribution in [0.3, 0.4) is 0 Å². The molecule has 0 amide bonds. The number of hydrogen-bond donors (Lipinski definition) is 0. The maximum atomic E-state index is 11.6. The van der Waals surface area contributed by atoms with Gasteiger partial charge in [0.1, 0.15) is 11.6 Å². The first-order valence-corrected chi connectivity index (χ1v) is 6.62. The number of carbonyl (C=O) groups excluding carboxylic acids is 1. The predicted molar refractivity (Wildman–Crippen MR) is 63.3 cm³/mol. The molecule has 0 spiro atoms. The Kier molecular flexibility index (Phi) is 4.95. The molecular weight excluding hydrogens is 262 g/mol. The molecule has 0 unspecified atom stereocenters. The van der Waals surface area contributed by atoms with Gasteiger partial charge in [0.05, 0.1) is 34.3 Å². The first kappa shape index (κ1) is 14.3. The molecule has 0 aliphatic rings. The summed E-state index contributed by atoms with van der Waals surface area (Å²) in [6.45, 7) is 3.49. The van der Waals surface area contributed by atoms with Crippen molar-refractivity contribution in [2.75, 3.05) is 12.4 Å². The molecule has 1 aromatic heterocycles. The second-order valence-electron chi connectivity index (χ2n) is 3.42. The van der Waals surface area contributed by atoms with Crippen LogP contribution in [-0.4, -0.2) is 37.2 Å². The molecule has 0 aliphatic heterocycles. The predicted octanol–water partition coefficient (Wildman–Crippen LogP) is 0.369. The minimum Gasteiger partial charge on any atom is -0.465 e. The van der Waals surface area contributed by atoms with Gasteiger partial charge in [0.15, 0.2) is 0 Å². The van der Waals surface area contributed by atoms with Crippen LogP contribution in [-0.2, 0) is 26.2 Å². The Morgan fingerprint density at radius 1 is 1.67 bits per heavy atom. The number of carbonyl (C=O) groups is 1. The Hall–Kier alpha value is -1.77. The number of aryl methyl sites for hydroxylation is 1. The molecule has 1 rings (SSSR count). The molecular formula is C9H13N3O5S. The highest BCUT2D eigenvalue weighted by atomic mass is 32.2. The van der Waals surface area contributed by atoms with Gasteiger partial charge in [0.25, 0.3) is 0 Å². The fourth-order valence-corrected chi connectivity index (χ4v) is 2.20. The largest absolute Gasteiger partial charge is 0.465 e. The summed E-state index contributed by atoms with van der Waals surface area (Å²) < 4.78 is 17.5. The van der Waals surface area contributed by atoms with Crippen molar-refractivity contribution in [1.29, 1.82) is 0 Å². The lowest BCUT2D eigenvalue weighted by molar-refractivity contribution is -0.389. The van der Waals surface area contributed by atoms with Crippen molar-refractivity contribution in [3.8, 4) is 0 Å². The van der Waals surface area contributed by atoms with E-state index >= 15 is 0 Å². The van der Waals surface area contributed by atoms with Crippen molar-refractivity contribution >= 4 is 22.6 Å². The SMILES string of the molecule is CCOC(=O)C[S@@](=O)Cn1nc([N+](=O)[O-])cc1C. The van der Waals surface area contributed by atoms with Gasteiger partial charge in [0, 0.05) is 0 Å². The quantitative estimate of drug-likeness (QED) is 0.422. The van der Waals surface area contributed by atoms with Crippen molar-refractivity contribution in [2.45, 2.75) is 19.7 Å². The molecule has 18 heavy (non-hydrogen) atoms. The van der Waals surface area contributed by atoms with E-state index in [0.29, 0.717) is 5.69 Å². The monoisotopic (exact) mass is 275 g/mol. The highest BCUT2D eigenvalue weighted by molar-refractivity contribution is 7.84. The average Bonchev–Trinajstić information content (AvgIpc) is 2.60. The maximum absolute atomic E-state index is 11.6. The zero-order chi connectivity index (χ0) is 13.7. The third-order valence-corrected chi connectivity index (χ3v) is 3.10. The highest BCUT2D eigenvalue weighted by Crippen LogP contribution is 2.11. The molecule has 0 bridgehead atoms. The van der Waals surface area contributed by atoms with Crippen LogP contribution in [0, 0.1) is 17.0 Å². The Morgan fingerprint density at radius 3 is 2.83 bits per heavy atom. The summed E-state index contributed by atoms with van der Waals surface area (Å²) in [5.41, 5.74) is 0.513. The van der Waals surface area contributed by atoms with Crippen molar-refractivity contribution in [3.63, 3.8) is 0 Å². The van der Waals surface area contributed by atoms with Gasteiger partial charge in [-0.1, -0.05) is 0 Å². The summed E-state index contributed by atoms with van der Waals surface area (Å²) in [5.74, 6) is -1.19. The van der Waals surface area contributed by atoms with Crippen LogP contribution >= 0.6 is 0 Å². The molecule has 8 nitrogen and oxygen atoms in total. The van der Waals surface area contributed by atoms with Gasteiger partial charge in [-0.15, -0.1) is 0 Å². The molecule has 100 valence electrons. The fourth-order valence-electron chi connectivity index (χ4n) is 1.23. The number of nitro groups is 1. The lowest BCUT2D eigenvalue weighted by atomic mass is 10.5. The third-order valence-electron chi connectivity index (χ3n) is 2.01. The van der Waals surface area contributed by atoms with Crippen LogP contribution in [0.4, 0.5) is 5.82 Å². The minimum atomic E-state index is -1.51. The first-order valence-electron chi connectivity index (χ1n) is 5.13. The zero-order valence-corrected chi connectivity index (χ0v) is 10.8. The van der Waals surface area contributed by atoms with Gasteiger partial charge in [0.2, 0.25) is 0 Å². The van der Waals surface area contributed by atoms with Crippen LogP contribution in [0.1, 0.15) is 12.6 Å². The Morgan fingerprint density at radius 2 is 2.33 bits per heavy atom. The van der Waals surface area contributed by atoms with Crippen molar-refractivity contribution in [3.05, 3.63) is 21.9 Å². The molecule has 9 heteroatoms. The molecule has 0 saturated heterocycles. The number of rotatable bonds is 6. The van der Waals surface area contributed by atoms with E-state index in [1.165, 1.54) is 10.7 Å². The van der Waals surface area contributed by atoms with E-state index in [1.54, 1.807) is 13.8 Å². The molecule has 0 aliphatic carbocycles. The molecule has 0 radical (unpaired) electrons. The molecule has 1 aromatic rings. The molecule has 0 N–H and O–H groups in total. The van der Waals surface area contributed by atoms with E-state index in [2.05, 4.69) is 9.84 Å². The average molecular weight is 275 g/mol. The van der Waals surface area contributed by atoms with Crippen LogP contribution in [0.2, 0.25) is 0 Å². The second-order valence-corrected chi connectivity index (χ2v) is 4.85. The molecule has 1 atom stereocenters. The fraction of sp³-hybridized carbons (Fsp3) is 0.556. The number of aromatic nitrogens is 2. The lowest BCUT2D eigenvalue weighted by Crippen LogP contribution is -2.18. The molecule has 1 heterocycles. The second kappa shape index (κ2) is 6.24. The Labute approximate surface area is 106 Å². The number of ether oxygens (including phenoxy) is 1. The van der Waals surface area contributed by atoms with E-state index < -0.39 is 21.7 Å². The van der Waals surface area contributed by atoms with Crippen LogP contribution in [0.25, 0.3) is 0 Å². The van der Waals surface area contributed by atoms with Crippen LogP contribution in [0.15, 0.2) is 6.07 Å². The van der Waals surface area contributed by atoms with Crippen LogP contribution in [0.5, 0.6) is 0 Å². The van der Waals surface area contributed by atoms with E-state index in [4.69, 9.17) is 0 Å². The summed E-state index contributed by atoms with van der Waals surface area (Å²) in [6.07, 6.45) is 0. The van der Waals surface area contributed by atoms with Gasteiger partial charge in [-0.2, -0.15) is 4.68 Å². The normalized spacial score (nSPS) is 12.1. The van der Waals surface area contributed by atoms with Crippen molar-refractivity contribution < 1.29 is 18.7 Å². The van der Waals surface area contributed by atoms with Crippen molar-refractivity contribution in [2.24, 2.45) is 0 Å². The van der Waals surface area contributed by atoms with E-state index in [1.807, 2.05) is 0 Å². The van der Waals surface area contributed by atoms with E-state index in [0.717, 1.165) is 0 Å². The number of esters is 1. The van der Waals surface area contributed by atoms with Gasteiger partial charge >= 0.3 is 11.8 Å². The van der Waals surface area contributed by atoms with Crippen molar-refractivity contribution in [1.82, 2.24) is 9.78 Å². The number of hydrogen-bond acceptors (Lipinski definition) is 6. The summed E-state index contributed by atoms with van der Waals surface area (Å²) in [6, 6.07) is 1.28. The maximum Gasteiger partial charge on any atom is 0.390 e. The van der Waals surface area contributed by atoms with Gasteiger partial charge in [-0.05, 0) is 18.8 Å². The number of nitrogens with zero attached hydrogens (tertiary/aromatic N) is 3. The first-order chi connectivity index (χ1) is 8.43. The van der Waals surface area contributed by atoms with E-state index in [9.17, 15) is 19.1 Å². The molecule has 0 saturated carbocycles. The standard InChI is InChI=1S/C9H13N3O5S/c1-3-17-9(13)5-18(16)6-11-7(2)4-8(10-11)12(14)15/h4H,3,5-6H2,1-2H3/t18-/m1/s1. The Bertz CT molecular complexity index is 485.